The molecule has 2 N–H and O–H groups in total. The molecule has 164 valence electrons. The third-order valence-corrected chi connectivity index (χ3v) is 5.38. The van der Waals surface area contributed by atoms with Crippen LogP contribution in [0.3, 0.4) is 0 Å². The number of ether oxygens (including phenoxy) is 3. The van der Waals surface area contributed by atoms with Gasteiger partial charge in [-0.05, 0) is 25.3 Å². The molecule has 1 fully saturated rings. The lowest BCUT2D eigenvalue weighted by Crippen LogP contribution is -2.44. The number of rotatable bonds is 11. The molecule has 0 bridgehead atoms. The fourth-order valence-electron chi connectivity index (χ4n) is 3.74. The Kier molecular flexibility index (Phi) is 7.43. The maximum atomic E-state index is 9.34. The number of hydrogen-bond acceptors (Lipinski definition) is 8. The van der Waals surface area contributed by atoms with Gasteiger partial charge in [-0.1, -0.05) is 31.8 Å². The van der Waals surface area contributed by atoms with Crippen molar-refractivity contribution in [1.29, 1.82) is 0 Å². The third kappa shape index (κ3) is 4.34. The molecule has 0 saturated carbocycles. The molecule has 2 aromatic rings. The van der Waals surface area contributed by atoms with Gasteiger partial charge in [0.1, 0.15) is 24.1 Å². The number of azide groups is 1. The monoisotopic (exact) mass is 418 g/mol. The molecule has 1 aliphatic heterocycles. The van der Waals surface area contributed by atoms with Gasteiger partial charge in [-0.25, -0.2) is 9.97 Å². The van der Waals surface area contributed by atoms with Crippen LogP contribution in [0, 0.1) is 0 Å². The molecule has 0 radical (unpaired) electrons. The Morgan fingerprint density at radius 2 is 2.07 bits per heavy atom. The number of nitrogens with zero attached hydrogens (tertiary/aromatic N) is 7. The Hall–Kier alpha value is -2.46. The van der Waals surface area contributed by atoms with E-state index in [1.54, 1.807) is 6.20 Å². The third-order valence-electron chi connectivity index (χ3n) is 5.38. The van der Waals surface area contributed by atoms with Crippen LogP contribution in [0.15, 0.2) is 17.6 Å². The molecule has 11 heteroatoms. The van der Waals surface area contributed by atoms with E-state index < -0.39 is 23.9 Å². The van der Waals surface area contributed by atoms with Crippen LogP contribution in [-0.2, 0) is 14.2 Å². The maximum absolute atomic E-state index is 9.34. The molecule has 3 heterocycles. The number of aromatic nitrogens is 4. The zero-order valence-electron chi connectivity index (χ0n) is 17.8. The average Bonchev–Trinajstić information content (AvgIpc) is 3.26. The van der Waals surface area contributed by atoms with Crippen LogP contribution in [0.5, 0.6) is 0 Å². The Bertz CT molecular complexity index is 884. The largest absolute Gasteiger partial charge is 0.379 e. The zero-order chi connectivity index (χ0) is 21.6. The second kappa shape index (κ2) is 10.0. The Balaban J connectivity index is 1.95. The SMILES string of the molecule is CCCCOC[C@H]1OC(c2cnn3c(N)ncnc23)C(C)(N=[N+]=[N-])[C@@H]1OCCCC. The Morgan fingerprint density at radius 3 is 2.80 bits per heavy atom. The van der Waals surface area contributed by atoms with Crippen LogP contribution in [0.25, 0.3) is 16.1 Å². The summed E-state index contributed by atoms with van der Waals surface area (Å²) in [6.45, 7) is 7.58. The first-order valence-electron chi connectivity index (χ1n) is 10.4. The summed E-state index contributed by atoms with van der Waals surface area (Å²) in [5.41, 5.74) is 15.4. The van der Waals surface area contributed by atoms with E-state index in [0.717, 1.165) is 25.7 Å². The number of unbranched alkanes of at least 4 members (excludes halogenated alkanes) is 2. The maximum Gasteiger partial charge on any atom is 0.224 e. The minimum atomic E-state index is -1.01. The molecular weight excluding hydrogens is 388 g/mol. The minimum Gasteiger partial charge on any atom is -0.379 e. The molecule has 1 aliphatic rings. The lowest BCUT2D eigenvalue weighted by Gasteiger charge is -2.30. The van der Waals surface area contributed by atoms with Crippen molar-refractivity contribution in [2.45, 2.75) is 70.3 Å². The van der Waals surface area contributed by atoms with Gasteiger partial charge in [-0.3, -0.25) is 0 Å². The fourth-order valence-corrected chi connectivity index (χ4v) is 3.74. The van der Waals surface area contributed by atoms with E-state index in [4.69, 9.17) is 19.9 Å². The van der Waals surface area contributed by atoms with Crippen molar-refractivity contribution < 1.29 is 14.2 Å². The first-order valence-corrected chi connectivity index (χ1v) is 10.4. The summed E-state index contributed by atoms with van der Waals surface area (Å²) < 4.78 is 19.8. The fraction of sp³-hybridized carbons (Fsp3) is 0.737. The van der Waals surface area contributed by atoms with E-state index in [2.05, 4.69) is 38.9 Å². The van der Waals surface area contributed by atoms with Crippen molar-refractivity contribution in [3.8, 4) is 0 Å². The second-order valence-corrected chi connectivity index (χ2v) is 7.61. The molecule has 2 unspecified atom stereocenters. The first kappa shape index (κ1) is 22.2. The molecule has 3 rings (SSSR count). The quantitative estimate of drug-likeness (QED) is 0.255. The van der Waals surface area contributed by atoms with Crippen molar-refractivity contribution in [2.75, 3.05) is 25.6 Å². The smallest absolute Gasteiger partial charge is 0.224 e. The lowest BCUT2D eigenvalue weighted by atomic mass is 9.86. The molecular formula is C19H30N8O3. The van der Waals surface area contributed by atoms with Crippen LogP contribution >= 0.6 is 0 Å². The van der Waals surface area contributed by atoms with Crippen LogP contribution < -0.4 is 5.73 Å². The molecule has 4 atom stereocenters. The predicted octanol–water partition coefficient (Wildman–Crippen LogP) is 3.22. The molecule has 1 saturated heterocycles. The zero-order valence-corrected chi connectivity index (χ0v) is 17.8. The Labute approximate surface area is 175 Å². The highest BCUT2D eigenvalue weighted by Crippen LogP contribution is 2.47. The minimum absolute atomic E-state index is 0.213. The number of nitrogens with two attached hydrogens (primary N) is 1. The number of hydrogen-bond donors (Lipinski definition) is 1. The summed E-state index contributed by atoms with van der Waals surface area (Å²) in [5.74, 6) is 0.213. The van der Waals surface area contributed by atoms with Gasteiger partial charge in [0.2, 0.25) is 5.95 Å². The lowest BCUT2D eigenvalue weighted by molar-refractivity contribution is -0.0664. The molecule has 2 aromatic heterocycles. The van der Waals surface area contributed by atoms with E-state index in [1.165, 1.54) is 10.8 Å². The van der Waals surface area contributed by atoms with Gasteiger partial charge < -0.3 is 19.9 Å². The predicted molar refractivity (Wildman–Crippen MR) is 111 cm³/mol. The topological polar surface area (TPSA) is 146 Å². The Morgan fingerprint density at radius 1 is 1.30 bits per heavy atom. The van der Waals surface area contributed by atoms with Crippen molar-refractivity contribution in [1.82, 2.24) is 19.6 Å². The first-order chi connectivity index (χ1) is 14.6. The molecule has 11 nitrogen and oxygen atoms in total. The molecule has 0 aromatic carbocycles. The highest BCUT2D eigenvalue weighted by molar-refractivity contribution is 5.51. The standard InChI is InChI=1S/C19H30N8O3/c1-4-6-8-28-11-14-16(29-9-7-5-2)19(3,25-26-21)15(30-14)13-10-24-27-17(13)22-12-23-18(27)20/h10,12,14-16H,4-9,11H2,1-3H3,(H2,20,22,23)/t14-,15?,16-,19?/m1/s1. The highest BCUT2D eigenvalue weighted by atomic mass is 16.6. The molecule has 0 spiro atoms. The van der Waals surface area contributed by atoms with Crippen molar-refractivity contribution in [2.24, 2.45) is 5.11 Å². The van der Waals surface area contributed by atoms with Gasteiger partial charge in [-0.15, -0.1) is 0 Å². The molecule has 0 amide bonds. The van der Waals surface area contributed by atoms with Crippen molar-refractivity contribution in [3.05, 3.63) is 28.5 Å². The van der Waals surface area contributed by atoms with Crippen molar-refractivity contribution in [3.63, 3.8) is 0 Å². The van der Waals surface area contributed by atoms with Gasteiger partial charge in [0.25, 0.3) is 0 Å². The number of nitrogen functional groups attached to an aromatic ring is 1. The molecule has 30 heavy (non-hydrogen) atoms. The van der Waals surface area contributed by atoms with Crippen LogP contribution in [-0.4, -0.2) is 57.1 Å². The molecule has 0 aliphatic carbocycles. The number of anilines is 1. The van der Waals surface area contributed by atoms with Crippen molar-refractivity contribution >= 4 is 11.6 Å². The van der Waals surface area contributed by atoms with Crippen LogP contribution in [0.4, 0.5) is 5.95 Å². The van der Waals surface area contributed by atoms with Gasteiger partial charge in [0.05, 0.1) is 18.9 Å². The van der Waals surface area contributed by atoms with Crippen LogP contribution in [0.1, 0.15) is 58.1 Å². The summed E-state index contributed by atoms with van der Waals surface area (Å²) in [7, 11) is 0. The van der Waals surface area contributed by atoms with E-state index in [1.807, 2.05) is 6.92 Å². The van der Waals surface area contributed by atoms with Gasteiger partial charge in [0.15, 0.2) is 5.65 Å². The van der Waals surface area contributed by atoms with E-state index >= 15 is 0 Å². The number of fused-ring (bicyclic) bond motifs is 1. The van der Waals surface area contributed by atoms with E-state index in [-0.39, 0.29) is 5.95 Å². The van der Waals surface area contributed by atoms with E-state index in [0.29, 0.717) is 31.0 Å². The van der Waals surface area contributed by atoms with Gasteiger partial charge >= 0.3 is 0 Å². The van der Waals surface area contributed by atoms with Gasteiger partial charge in [0, 0.05) is 23.7 Å². The summed E-state index contributed by atoms with van der Waals surface area (Å²) in [4.78, 5) is 11.4. The van der Waals surface area contributed by atoms with Gasteiger partial charge in [-0.2, -0.15) is 9.61 Å². The van der Waals surface area contributed by atoms with E-state index in [9.17, 15) is 5.53 Å². The van der Waals surface area contributed by atoms with Crippen LogP contribution in [0.2, 0.25) is 0 Å². The average molecular weight is 419 g/mol. The summed E-state index contributed by atoms with van der Waals surface area (Å²) in [6.07, 6.45) is 5.42. The highest BCUT2D eigenvalue weighted by Gasteiger charge is 2.55. The summed E-state index contributed by atoms with van der Waals surface area (Å²) in [6, 6.07) is 0. The normalized spacial score (nSPS) is 26.2. The summed E-state index contributed by atoms with van der Waals surface area (Å²) >= 11 is 0. The summed E-state index contributed by atoms with van der Waals surface area (Å²) in [5, 5.41) is 8.42. The second-order valence-electron chi connectivity index (χ2n) is 7.61.